The van der Waals surface area contributed by atoms with E-state index in [0.717, 1.165) is 16.6 Å². The van der Waals surface area contributed by atoms with E-state index in [1.54, 1.807) is 0 Å². The Morgan fingerprint density at radius 2 is 2.29 bits per heavy atom. The van der Waals surface area contributed by atoms with Crippen molar-refractivity contribution in [3.05, 3.63) is 35.0 Å². The molecule has 0 bridgehead atoms. The van der Waals surface area contributed by atoms with Crippen LogP contribution in [0, 0.1) is 0 Å². The third-order valence-electron chi connectivity index (χ3n) is 2.58. The van der Waals surface area contributed by atoms with Crippen LogP contribution >= 0.6 is 11.6 Å². The smallest absolute Gasteiger partial charge is 0.323 e. The molecule has 1 atom stereocenters. The molecule has 1 aromatic heterocycles. The van der Waals surface area contributed by atoms with Crippen LogP contribution in [-0.4, -0.2) is 24.1 Å². The lowest BCUT2D eigenvalue weighted by atomic mass is 10.1. The van der Waals surface area contributed by atoms with Gasteiger partial charge in [-0.15, -0.1) is 0 Å². The predicted octanol–water partition coefficient (Wildman–Crippen LogP) is 1.86. The van der Waals surface area contributed by atoms with E-state index in [4.69, 9.17) is 17.3 Å². The number of benzene rings is 1. The molecular weight excluding hydrogens is 240 g/mol. The Bertz CT molecular complexity index is 550. The van der Waals surface area contributed by atoms with Crippen molar-refractivity contribution in [3.63, 3.8) is 0 Å². The van der Waals surface area contributed by atoms with E-state index < -0.39 is 12.0 Å². The van der Waals surface area contributed by atoms with Gasteiger partial charge in [-0.25, -0.2) is 0 Å². The highest BCUT2D eigenvalue weighted by Gasteiger charge is 2.15. The van der Waals surface area contributed by atoms with E-state index in [1.165, 1.54) is 7.11 Å². The quantitative estimate of drug-likeness (QED) is 0.820. The molecule has 0 aliphatic carbocycles. The molecule has 0 aliphatic heterocycles. The van der Waals surface area contributed by atoms with Gasteiger partial charge in [-0.2, -0.15) is 0 Å². The van der Waals surface area contributed by atoms with Crippen molar-refractivity contribution >= 4 is 28.5 Å². The van der Waals surface area contributed by atoms with E-state index in [9.17, 15) is 4.79 Å². The van der Waals surface area contributed by atoms with E-state index in [0.29, 0.717) is 11.4 Å². The van der Waals surface area contributed by atoms with Gasteiger partial charge >= 0.3 is 5.97 Å². The maximum Gasteiger partial charge on any atom is 0.323 e. The van der Waals surface area contributed by atoms with Crippen LogP contribution in [0.4, 0.5) is 0 Å². The van der Waals surface area contributed by atoms with Crippen molar-refractivity contribution in [3.8, 4) is 0 Å². The molecule has 4 nitrogen and oxygen atoms in total. The summed E-state index contributed by atoms with van der Waals surface area (Å²) in [5.74, 6) is -0.415. The Labute approximate surface area is 104 Å². The predicted molar refractivity (Wildman–Crippen MR) is 67.0 cm³/mol. The molecule has 0 fully saturated rings. The second kappa shape index (κ2) is 4.77. The Morgan fingerprint density at radius 3 is 3.00 bits per heavy atom. The molecule has 1 aromatic carbocycles. The summed E-state index contributed by atoms with van der Waals surface area (Å²) in [6.45, 7) is 0. The minimum absolute atomic E-state index is 0.415. The van der Waals surface area contributed by atoms with E-state index in [-0.39, 0.29) is 0 Å². The highest BCUT2D eigenvalue weighted by atomic mass is 35.5. The summed E-state index contributed by atoms with van der Waals surface area (Å²) in [5.41, 5.74) is 7.55. The van der Waals surface area contributed by atoms with Gasteiger partial charge in [0.25, 0.3) is 0 Å². The molecule has 1 unspecified atom stereocenters. The normalized spacial score (nSPS) is 12.6. The van der Waals surface area contributed by atoms with Crippen LogP contribution in [0.15, 0.2) is 24.3 Å². The number of carbonyl (C=O) groups excluding carboxylic acids is 1. The average Bonchev–Trinajstić information content (AvgIpc) is 2.69. The number of hydrogen-bond acceptors (Lipinski definition) is 3. The SMILES string of the molecule is COC(=O)C(N)Cc1cc2cc(Cl)ccc2[nH]1. The number of halogens is 1. The fraction of sp³-hybridized carbons (Fsp3) is 0.250. The van der Waals surface area contributed by atoms with Crippen molar-refractivity contribution in [2.45, 2.75) is 12.5 Å². The van der Waals surface area contributed by atoms with E-state index in [1.807, 2.05) is 24.3 Å². The fourth-order valence-electron chi connectivity index (χ4n) is 1.75. The standard InChI is InChI=1S/C12H13ClN2O2/c1-17-12(16)10(14)6-9-5-7-4-8(13)2-3-11(7)15-9/h2-5,10,15H,6,14H2,1H3. The number of nitrogens with one attached hydrogen (secondary N) is 1. The van der Waals surface area contributed by atoms with Gasteiger partial charge in [0.15, 0.2) is 0 Å². The first-order valence-corrected chi connectivity index (χ1v) is 5.58. The molecular formula is C12H13ClN2O2. The molecule has 1 heterocycles. The number of methoxy groups -OCH3 is 1. The maximum atomic E-state index is 11.2. The summed E-state index contributed by atoms with van der Waals surface area (Å²) in [5, 5.41) is 1.69. The van der Waals surface area contributed by atoms with Gasteiger partial charge in [0.05, 0.1) is 7.11 Å². The van der Waals surface area contributed by atoms with Crippen molar-refractivity contribution in [2.75, 3.05) is 7.11 Å². The van der Waals surface area contributed by atoms with Gasteiger partial charge in [0, 0.05) is 28.0 Å². The summed E-state index contributed by atoms with van der Waals surface area (Å²) in [6, 6.07) is 6.85. The van der Waals surface area contributed by atoms with Gasteiger partial charge in [0.2, 0.25) is 0 Å². The largest absolute Gasteiger partial charge is 0.468 e. The monoisotopic (exact) mass is 252 g/mol. The van der Waals surface area contributed by atoms with Gasteiger partial charge in [-0.1, -0.05) is 11.6 Å². The molecule has 0 spiro atoms. The first-order valence-electron chi connectivity index (χ1n) is 5.20. The van der Waals surface area contributed by atoms with Crippen LogP contribution in [0.3, 0.4) is 0 Å². The summed E-state index contributed by atoms with van der Waals surface area (Å²) in [4.78, 5) is 14.4. The number of esters is 1. The first-order chi connectivity index (χ1) is 8.10. The first kappa shape index (κ1) is 12.0. The van der Waals surface area contributed by atoms with Crippen LogP contribution in [0.2, 0.25) is 5.02 Å². The number of ether oxygens (including phenoxy) is 1. The number of rotatable bonds is 3. The molecule has 3 N–H and O–H groups in total. The zero-order valence-corrected chi connectivity index (χ0v) is 10.1. The van der Waals surface area contributed by atoms with Crippen molar-refractivity contribution in [1.29, 1.82) is 0 Å². The average molecular weight is 253 g/mol. The van der Waals surface area contributed by atoms with Gasteiger partial charge in [0.1, 0.15) is 6.04 Å². The Balaban J connectivity index is 2.22. The number of H-pyrrole nitrogens is 1. The number of fused-ring (bicyclic) bond motifs is 1. The number of aromatic amines is 1. The molecule has 2 aromatic rings. The molecule has 5 heteroatoms. The van der Waals surface area contributed by atoms with Crippen molar-refractivity contribution < 1.29 is 9.53 Å². The molecule has 0 saturated heterocycles. The van der Waals surface area contributed by atoms with Crippen molar-refractivity contribution in [1.82, 2.24) is 4.98 Å². The topological polar surface area (TPSA) is 68.1 Å². The highest BCUT2D eigenvalue weighted by Crippen LogP contribution is 2.20. The van der Waals surface area contributed by atoms with E-state index in [2.05, 4.69) is 9.72 Å². The molecule has 90 valence electrons. The molecule has 0 aliphatic rings. The number of nitrogens with two attached hydrogens (primary N) is 1. The lowest BCUT2D eigenvalue weighted by molar-refractivity contribution is -0.142. The lowest BCUT2D eigenvalue weighted by Crippen LogP contribution is -2.33. The molecule has 0 saturated carbocycles. The molecule has 0 amide bonds. The molecule has 2 rings (SSSR count). The van der Waals surface area contributed by atoms with Crippen LogP contribution in [0.1, 0.15) is 5.69 Å². The number of aromatic nitrogens is 1. The molecule has 0 radical (unpaired) electrons. The summed E-state index contributed by atoms with van der Waals surface area (Å²) >= 11 is 5.89. The van der Waals surface area contributed by atoms with Crippen LogP contribution < -0.4 is 5.73 Å². The Kier molecular flexibility index (Phi) is 3.36. The number of hydrogen-bond donors (Lipinski definition) is 2. The highest BCUT2D eigenvalue weighted by molar-refractivity contribution is 6.31. The van der Waals surface area contributed by atoms with Crippen LogP contribution in [0.25, 0.3) is 10.9 Å². The Morgan fingerprint density at radius 1 is 1.53 bits per heavy atom. The maximum absolute atomic E-state index is 11.2. The Hall–Kier alpha value is -1.52. The second-order valence-corrected chi connectivity index (χ2v) is 4.30. The molecule has 17 heavy (non-hydrogen) atoms. The number of carbonyl (C=O) groups is 1. The van der Waals surface area contributed by atoms with Gasteiger partial charge < -0.3 is 15.5 Å². The second-order valence-electron chi connectivity index (χ2n) is 3.86. The third-order valence-corrected chi connectivity index (χ3v) is 2.82. The fourth-order valence-corrected chi connectivity index (χ4v) is 1.93. The van der Waals surface area contributed by atoms with Gasteiger partial charge in [-0.3, -0.25) is 4.79 Å². The minimum Gasteiger partial charge on any atom is -0.468 e. The lowest BCUT2D eigenvalue weighted by Gasteiger charge is -2.06. The van der Waals surface area contributed by atoms with Crippen molar-refractivity contribution in [2.24, 2.45) is 5.73 Å². The zero-order valence-electron chi connectivity index (χ0n) is 9.37. The summed E-state index contributed by atoms with van der Waals surface area (Å²) in [7, 11) is 1.33. The minimum atomic E-state index is -0.650. The van der Waals surface area contributed by atoms with Gasteiger partial charge in [-0.05, 0) is 24.3 Å². The third kappa shape index (κ3) is 2.60. The zero-order chi connectivity index (χ0) is 12.4. The van der Waals surface area contributed by atoms with Crippen LogP contribution in [0.5, 0.6) is 0 Å². The van der Waals surface area contributed by atoms with Crippen LogP contribution in [-0.2, 0) is 16.0 Å². The summed E-state index contributed by atoms with van der Waals surface area (Å²) in [6.07, 6.45) is 0.416. The summed E-state index contributed by atoms with van der Waals surface area (Å²) < 4.78 is 4.58. The van der Waals surface area contributed by atoms with E-state index >= 15 is 0 Å².